The van der Waals surface area contributed by atoms with Crippen molar-refractivity contribution < 1.29 is 0 Å². The van der Waals surface area contributed by atoms with Crippen molar-refractivity contribution in [3.05, 3.63) is 16.3 Å². The molecule has 0 aliphatic heterocycles. The van der Waals surface area contributed by atoms with Gasteiger partial charge >= 0.3 is 0 Å². The summed E-state index contributed by atoms with van der Waals surface area (Å²) in [5, 5.41) is 1.86. The number of anilines is 1. The van der Waals surface area contributed by atoms with E-state index in [4.69, 9.17) is 5.73 Å². The summed E-state index contributed by atoms with van der Waals surface area (Å²) in [5.41, 5.74) is 8.39. The summed E-state index contributed by atoms with van der Waals surface area (Å²) in [6, 6.07) is 0. The first-order valence-corrected chi connectivity index (χ1v) is 6.95. The minimum absolute atomic E-state index is 0.617. The van der Waals surface area contributed by atoms with Crippen LogP contribution < -0.4 is 5.73 Å². The molecule has 1 fully saturated rings. The summed E-state index contributed by atoms with van der Waals surface area (Å²) in [4.78, 5) is 5.89. The van der Waals surface area contributed by atoms with Gasteiger partial charge in [0.05, 0.1) is 5.00 Å². The highest BCUT2D eigenvalue weighted by Gasteiger charge is 2.28. The van der Waals surface area contributed by atoms with Crippen LogP contribution >= 0.6 is 22.9 Å². The minimum atomic E-state index is 0.617. The number of hydrogen-bond donors (Lipinski definition) is 1. The molecular formula is C11H13N3S2. The van der Waals surface area contributed by atoms with Gasteiger partial charge in [0.15, 0.2) is 0 Å². The van der Waals surface area contributed by atoms with Crippen molar-refractivity contribution in [2.24, 2.45) is 0 Å². The van der Waals surface area contributed by atoms with E-state index in [0.29, 0.717) is 5.92 Å². The zero-order valence-corrected chi connectivity index (χ0v) is 10.9. The maximum Gasteiger partial charge on any atom is 0.147 e. The summed E-state index contributed by atoms with van der Waals surface area (Å²) < 4.78 is 4.43. The van der Waals surface area contributed by atoms with E-state index in [2.05, 4.69) is 23.2 Å². The number of hydrogen-bond acceptors (Lipinski definition) is 5. The van der Waals surface area contributed by atoms with Crippen LogP contribution in [-0.4, -0.2) is 9.36 Å². The van der Waals surface area contributed by atoms with Gasteiger partial charge in [-0.05, 0) is 43.8 Å². The highest BCUT2D eigenvalue weighted by atomic mass is 32.1. The topological polar surface area (TPSA) is 51.8 Å². The van der Waals surface area contributed by atoms with Gasteiger partial charge in [-0.1, -0.05) is 0 Å². The average molecular weight is 251 g/mol. The molecule has 0 bridgehead atoms. The van der Waals surface area contributed by atoms with E-state index in [1.165, 1.54) is 34.8 Å². The number of nitrogen functional groups attached to an aromatic ring is 1. The Morgan fingerprint density at radius 1 is 1.31 bits per heavy atom. The highest BCUT2D eigenvalue weighted by molar-refractivity contribution is 7.17. The molecule has 0 spiro atoms. The monoisotopic (exact) mass is 251 g/mol. The van der Waals surface area contributed by atoms with E-state index >= 15 is 0 Å². The number of thiophene rings is 1. The van der Waals surface area contributed by atoms with E-state index in [1.54, 1.807) is 11.3 Å². The summed E-state index contributed by atoms with van der Waals surface area (Å²) in [7, 11) is 0. The van der Waals surface area contributed by atoms with Crippen molar-refractivity contribution in [1.29, 1.82) is 0 Å². The zero-order valence-electron chi connectivity index (χ0n) is 9.28. The van der Waals surface area contributed by atoms with Crippen LogP contribution in [0.1, 0.15) is 35.0 Å². The smallest absolute Gasteiger partial charge is 0.147 e. The number of nitrogens with zero attached hydrogens (tertiary/aromatic N) is 2. The van der Waals surface area contributed by atoms with E-state index in [-0.39, 0.29) is 0 Å². The van der Waals surface area contributed by atoms with Gasteiger partial charge in [-0.2, -0.15) is 4.37 Å². The predicted octanol–water partition coefficient (Wildman–Crippen LogP) is 3.34. The van der Waals surface area contributed by atoms with Crippen LogP contribution in [0.2, 0.25) is 0 Å². The Bertz CT molecular complexity index is 537. The molecule has 0 amide bonds. The SMILES string of the molecule is Cc1sc(N)c(-c2nc(C3CC3)ns2)c1C. The van der Waals surface area contributed by atoms with E-state index < -0.39 is 0 Å². The van der Waals surface area contributed by atoms with Crippen molar-refractivity contribution in [3.8, 4) is 10.6 Å². The van der Waals surface area contributed by atoms with Crippen LogP contribution in [0.15, 0.2) is 0 Å². The molecule has 0 saturated heterocycles. The Labute approximate surface area is 103 Å². The Kier molecular flexibility index (Phi) is 2.26. The normalized spacial score (nSPS) is 15.6. The molecule has 2 aromatic rings. The largest absolute Gasteiger partial charge is 0.390 e. The first-order chi connectivity index (χ1) is 7.66. The maximum absolute atomic E-state index is 6.03. The van der Waals surface area contributed by atoms with Gasteiger partial charge in [-0.15, -0.1) is 11.3 Å². The predicted molar refractivity (Wildman–Crippen MR) is 69.1 cm³/mol. The lowest BCUT2D eigenvalue weighted by molar-refractivity contribution is 0.987. The molecule has 1 aliphatic rings. The lowest BCUT2D eigenvalue weighted by Gasteiger charge is -1.95. The van der Waals surface area contributed by atoms with Crippen LogP contribution in [0.4, 0.5) is 5.00 Å². The second-order valence-electron chi connectivity index (χ2n) is 4.25. The molecule has 1 saturated carbocycles. The molecular weight excluding hydrogens is 238 g/mol. The lowest BCUT2D eigenvalue weighted by Crippen LogP contribution is -1.87. The van der Waals surface area contributed by atoms with Gasteiger partial charge in [0.2, 0.25) is 0 Å². The third-order valence-corrected chi connectivity index (χ3v) is 4.79. The van der Waals surface area contributed by atoms with Gasteiger partial charge in [-0.3, -0.25) is 0 Å². The average Bonchev–Trinajstić information content (AvgIpc) is 2.93. The summed E-state index contributed by atoms with van der Waals surface area (Å²) in [6.45, 7) is 4.21. The fraction of sp³-hybridized carbons (Fsp3) is 0.455. The van der Waals surface area contributed by atoms with Crippen molar-refractivity contribution in [3.63, 3.8) is 0 Å². The number of rotatable bonds is 2. The molecule has 1 aliphatic carbocycles. The highest BCUT2D eigenvalue weighted by Crippen LogP contribution is 2.43. The molecule has 2 heterocycles. The second-order valence-corrected chi connectivity index (χ2v) is 6.26. The van der Waals surface area contributed by atoms with Gasteiger partial charge < -0.3 is 5.73 Å². The summed E-state index contributed by atoms with van der Waals surface area (Å²) in [6.07, 6.45) is 2.49. The van der Waals surface area contributed by atoms with Crippen LogP contribution in [0.5, 0.6) is 0 Å². The van der Waals surface area contributed by atoms with Gasteiger partial charge in [0, 0.05) is 16.4 Å². The molecule has 5 heteroatoms. The number of aryl methyl sites for hydroxylation is 1. The molecule has 2 N–H and O–H groups in total. The van der Waals surface area contributed by atoms with Crippen molar-refractivity contribution in [1.82, 2.24) is 9.36 Å². The fourth-order valence-electron chi connectivity index (χ4n) is 1.76. The first kappa shape index (κ1) is 10.2. The van der Waals surface area contributed by atoms with Crippen LogP contribution in [0.25, 0.3) is 10.6 Å². The molecule has 0 radical (unpaired) electrons. The molecule has 3 rings (SSSR count). The summed E-state index contributed by atoms with van der Waals surface area (Å²) >= 11 is 3.12. The molecule has 16 heavy (non-hydrogen) atoms. The molecule has 0 atom stereocenters. The quantitative estimate of drug-likeness (QED) is 0.890. The Balaban J connectivity index is 2.06. The Hall–Kier alpha value is -0.940. The Morgan fingerprint density at radius 2 is 2.06 bits per heavy atom. The molecule has 2 aromatic heterocycles. The number of aromatic nitrogens is 2. The van der Waals surface area contributed by atoms with Gasteiger partial charge in [-0.25, -0.2) is 4.98 Å². The molecule has 0 aromatic carbocycles. The fourth-order valence-corrected chi connectivity index (χ4v) is 3.62. The third kappa shape index (κ3) is 1.55. The molecule has 3 nitrogen and oxygen atoms in total. The lowest BCUT2D eigenvalue weighted by atomic mass is 10.2. The van der Waals surface area contributed by atoms with E-state index in [1.807, 2.05) is 0 Å². The number of nitrogens with two attached hydrogens (primary N) is 1. The molecule has 0 unspecified atom stereocenters. The van der Waals surface area contributed by atoms with Crippen molar-refractivity contribution in [2.45, 2.75) is 32.6 Å². The van der Waals surface area contributed by atoms with Crippen LogP contribution in [0, 0.1) is 13.8 Å². The maximum atomic E-state index is 6.03. The third-order valence-electron chi connectivity index (χ3n) is 3.01. The standard InChI is InChI=1S/C11H13N3S2/c1-5-6(2)15-9(12)8(5)11-13-10(14-16-11)7-3-4-7/h7H,3-4,12H2,1-2H3. The second kappa shape index (κ2) is 3.53. The first-order valence-electron chi connectivity index (χ1n) is 5.36. The van der Waals surface area contributed by atoms with Gasteiger partial charge in [0.25, 0.3) is 0 Å². The van der Waals surface area contributed by atoms with Crippen molar-refractivity contribution >= 4 is 27.9 Å². The van der Waals surface area contributed by atoms with Gasteiger partial charge in [0.1, 0.15) is 10.8 Å². The van der Waals surface area contributed by atoms with E-state index in [9.17, 15) is 0 Å². The van der Waals surface area contributed by atoms with Crippen molar-refractivity contribution in [2.75, 3.05) is 5.73 Å². The van der Waals surface area contributed by atoms with Crippen LogP contribution in [0.3, 0.4) is 0 Å². The van der Waals surface area contributed by atoms with E-state index in [0.717, 1.165) is 21.4 Å². The minimum Gasteiger partial charge on any atom is -0.390 e. The van der Waals surface area contributed by atoms with Crippen LogP contribution in [-0.2, 0) is 0 Å². The summed E-state index contributed by atoms with van der Waals surface area (Å²) in [5.74, 6) is 1.63. The Morgan fingerprint density at radius 3 is 2.62 bits per heavy atom. The molecule has 84 valence electrons. The zero-order chi connectivity index (χ0) is 11.3.